The van der Waals surface area contributed by atoms with Crippen molar-refractivity contribution in [3.63, 3.8) is 0 Å². The molecule has 0 radical (unpaired) electrons. The van der Waals surface area contributed by atoms with Crippen LogP contribution in [0.2, 0.25) is 0 Å². The van der Waals surface area contributed by atoms with Crippen LogP contribution in [0.15, 0.2) is 24.3 Å². The Morgan fingerprint density at radius 1 is 1.08 bits per heavy atom. The zero-order valence-corrected chi connectivity index (χ0v) is 23.2. The molecule has 1 fully saturated rings. The Labute approximate surface area is 229 Å². The summed E-state index contributed by atoms with van der Waals surface area (Å²) >= 11 is 0. The highest BCUT2D eigenvalue weighted by Crippen LogP contribution is 2.30. The molecule has 11 heteroatoms. The van der Waals surface area contributed by atoms with Crippen LogP contribution in [0.1, 0.15) is 76.5 Å². The highest BCUT2D eigenvalue weighted by molar-refractivity contribution is 5.93. The molecule has 1 saturated heterocycles. The van der Waals surface area contributed by atoms with Gasteiger partial charge in [-0.2, -0.15) is 0 Å². The number of piperidine rings is 1. The average molecular weight is 545 g/mol. The van der Waals surface area contributed by atoms with Crippen LogP contribution in [0.4, 0.5) is 4.79 Å². The predicted molar refractivity (Wildman–Crippen MR) is 142 cm³/mol. The van der Waals surface area contributed by atoms with Crippen molar-refractivity contribution in [1.82, 2.24) is 20.9 Å². The minimum Gasteiger partial charge on any atom is -0.469 e. The molecule has 0 aromatic heterocycles. The van der Waals surface area contributed by atoms with Crippen molar-refractivity contribution in [3.8, 4) is 0 Å². The largest absolute Gasteiger partial charge is 0.469 e. The number of rotatable bonds is 9. The lowest BCUT2D eigenvalue weighted by molar-refractivity contribution is -0.143. The fourth-order valence-corrected chi connectivity index (χ4v) is 4.95. The maximum absolute atomic E-state index is 13.4. The van der Waals surface area contributed by atoms with E-state index in [4.69, 9.17) is 9.47 Å². The molecular weight excluding hydrogens is 504 g/mol. The second-order valence-corrected chi connectivity index (χ2v) is 10.9. The van der Waals surface area contributed by atoms with Crippen molar-refractivity contribution in [1.29, 1.82) is 0 Å². The number of nitrogens with one attached hydrogen (secondary N) is 3. The van der Waals surface area contributed by atoms with Gasteiger partial charge in [0.25, 0.3) is 0 Å². The van der Waals surface area contributed by atoms with E-state index in [1.54, 1.807) is 20.8 Å². The number of fused-ring (bicyclic) bond motifs is 1. The molecule has 0 bridgehead atoms. The Morgan fingerprint density at radius 2 is 1.82 bits per heavy atom. The van der Waals surface area contributed by atoms with Gasteiger partial charge in [-0.05, 0) is 70.4 Å². The third kappa shape index (κ3) is 8.69. The van der Waals surface area contributed by atoms with Gasteiger partial charge in [0, 0.05) is 13.0 Å². The summed E-state index contributed by atoms with van der Waals surface area (Å²) in [7, 11) is 1.27. The third-order valence-electron chi connectivity index (χ3n) is 6.86. The van der Waals surface area contributed by atoms with Gasteiger partial charge >= 0.3 is 12.1 Å². The summed E-state index contributed by atoms with van der Waals surface area (Å²) in [5.41, 5.74) is 1.51. The van der Waals surface area contributed by atoms with E-state index in [-0.39, 0.29) is 25.4 Å². The Morgan fingerprint density at radius 3 is 2.54 bits per heavy atom. The standard InChI is InChI=1S/C28H40N4O7/c1-28(2,3)39-27(37)29-17-23(33)32-16-8-7-11-22(32)26(36)31-21(14-15-24(34)38-4)25(35)30-20-13-12-18-9-5-6-10-19(18)20/h5-6,9-10,20-22H,7-8,11-17H2,1-4H3,(H,29,37)(H,30,35)(H,31,36)/t20-,21+,22+/m1/s1. The van der Waals surface area contributed by atoms with Gasteiger partial charge in [0.05, 0.1) is 13.2 Å². The lowest BCUT2D eigenvalue weighted by Gasteiger charge is -2.35. The van der Waals surface area contributed by atoms with Gasteiger partial charge in [-0.1, -0.05) is 24.3 Å². The van der Waals surface area contributed by atoms with Gasteiger partial charge in [-0.3, -0.25) is 19.2 Å². The van der Waals surface area contributed by atoms with Crippen LogP contribution < -0.4 is 16.0 Å². The Kier molecular flexibility index (Phi) is 10.3. The molecule has 39 heavy (non-hydrogen) atoms. The summed E-state index contributed by atoms with van der Waals surface area (Å²) in [6.07, 6.45) is 2.75. The normalized spacial score (nSPS) is 19.3. The van der Waals surface area contributed by atoms with Crippen molar-refractivity contribution >= 4 is 29.8 Å². The summed E-state index contributed by atoms with van der Waals surface area (Å²) in [4.78, 5) is 64.9. The van der Waals surface area contributed by atoms with E-state index < -0.39 is 47.5 Å². The fraction of sp³-hybridized carbons (Fsp3) is 0.607. The number of carbonyl (C=O) groups excluding carboxylic acids is 5. The predicted octanol–water partition coefficient (Wildman–Crippen LogP) is 2.13. The maximum Gasteiger partial charge on any atom is 0.408 e. The molecule has 4 amide bonds. The van der Waals surface area contributed by atoms with Gasteiger partial charge in [0.2, 0.25) is 17.7 Å². The van der Waals surface area contributed by atoms with E-state index >= 15 is 0 Å². The van der Waals surface area contributed by atoms with Crippen LogP contribution in [0.25, 0.3) is 0 Å². The number of esters is 1. The maximum atomic E-state index is 13.4. The van der Waals surface area contributed by atoms with E-state index in [1.807, 2.05) is 24.3 Å². The monoisotopic (exact) mass is 544 g/mol. The molecule has 0 spiro atoms. The quantitative estimate of drug-likeness (QED) is 0.404. The smallest absolute Gasteiger partial charge is 0.408 e. The molecule has 0 unspecified atom stereocenters. The third-order valence-corrected chi connectivity index (χ3v) is 6.86. The zero-order valence-electron chi connectivity index (χ0n) is 23.2. The highest BCUT2D eigenvalue weighted by Gasteiger charge is 2.35. The number of likely N-dealkylation sites (tertiary alicyclic amines) is 1. The first kappa shape index (κ1) is 29.9. The molecule has 3 atom stereocenters. The summed E-state index contributed by atoms with van der Waals surface area (Å²) in [6, 6.07) is 5.93. The molecule has 1 aromatic carbocycles. The lowest BCUT2D eigenvalue weighted by Crippen LogP contribution is -2.57. The molecular formula is C28H40N4O7. The zero-order chi connectivity index (χ0) is 28.6. The van der Waals surface area contributed by atoms with Crippen LogP contribution in [0, 0.1) is 0 Å². The first-order valence-corrected chi connectivity index (χ1v) is 13.5. The van der Waals surface area contributed by atoms with Crippen LogP contribution in [-0.4, -0.2) is 72.6 Å². The van der Waals surface area contributed by atoms with Crippen LogP contribution in [0.3, 0.4) is 0 Å². The van der Waals surface area contributed by atoms with Gasteiger partial charge in [-0.15, -0.1) is 0 Å². The Hall–Kier alpha value is -3.63. The molecule has 1 heterocycles. The molecule has 1 aromatic rings. The average Bonchev–Trinajstić information content (AvgIpc) is 3.30. The number of methoxy groups -OCH3 is 1. The number of hydrogen-bond acceptors (Lipinski definition) is 7. The summed E-state index contributed by atoms with van der Waals surface area (Å²) < 4.78 is 9.90. The van der Waals surface area contributed by atoms with Gasteiger partial charge < -0.3 is 30.3 Å². The topological polar surface area (TPSA) is 143 Å². The van der Waals surface area contributed by atoms with Gasteiger partial charge in [0.15, 0.2) is 0 Å². The number of benzene rings is 1. The number of aryl methyl sites for hydroxylation is 1. The van der Waals surface area contributed by atoms with E-state index in [0.29, 0.717) is 13.0 Å². The molecule has 3 N–H and O–H groups in total. The number of amides is 4. The molecule has 11 nitrogen and oxygen atoms in total. The minimum absolute atomic E-state index is 0.0523. The van der Waals surface area contributed by atoms with Crippen LogP contribution in [0.5, 0.6) is 0 Å². The van der Waals surface area contributed by atoms with Crippen molar-refractivity contribution in [3.05, 3.63) is 35.4 Å². The highest BCUT2D eigenvalue weighted by atomic mass is 16.6. The number of alkyl carbamates (subject to hydrolysis) is 1. The van der Waals surface area contributed by atoms with Gasteiger partial charge in [-0.25, -0.2) is 4.79 Å². The molecule has 3 rings (SSSR count). The summed E-state index contributed by atoms with van der Waals surface area (Å²) in [6.45, 7) is 5.20. The van der Waals surface area contributed by atoms with Crippen LogP contribution in [-0.2, 0) is 35.1 Å². The number of carbonyl (C=O) groups is 5. The SMILES string of the molecule is COC(=O)CC[C@H](NC(=O)[C@@H]1CCCCN1C(=O)CNC(=O)OC(C)(C)C)C(=O)N[C@@H]1CCc2ccccc21. The van der Waals surface area contributed by atoms with Gasteiger partial charge in [0.1, 0.15) is 24.2 Å². The fourth-order valence-electron chi connectivity index (χ4n) is 4.95. The van der Waals surface area contributed by atoms with E-state index in [1.165, 1.54) is 17.6 Å². The Bertz CT molecular complexity index is 1070. The molecule has 1 aliphatic carbocycles. The number of hydrogen-bond donors (Lipinski definition) is 3. The van der Waals surface area contributed by atoms with E-state index in [2.05, 4.69) is 16.0 Å². The summed E-state index contributed by atoms with van der Waals surface area (Å²) in [5.74, 6) is -1.78. The molecule has 1 aliphatic heterocycles. The second kappa shape index (κ2) is 13.4. The van der Waals surface area contributed by atoms with Crippen molar-refractivity contribution < 1.29 is 33.4 Å². The number of ether oxygens (including phenoxy) is 2. The minimum atomic E-state index is -0.983. The first-order valence-electron chi connectivity index (χ1n) is 13.5. The molecule has 0 saturated carbocycles. The molecule has 214 valence electrons. The lowest BCUT2D eigenvalue weighted by atomic mass is 10.00. The summed E-state index contributed by atoms with van der Waals surface area (Å²) in [5, 5.41) is 8.25. The van der Waals surface area contributed by atoms with Crippen LogP contribution >= 0.6 is 0 Å². The van der Waals surface area contributed by atoms with Crippen molar-refractivity contribution in [2.45, 2.75) is 89.4 Å². The first-order chi connectivity index (χ1) is 18.5. The van der Waals surface area contributed by atoms with Crippen molar-refractivity contribution in [2.24, 2.45) is 0 Å². The van der Waals surface area contributed by atoms with Crippen molar-refractivity contribution in [2.75, 3.05) is 20.2 Å². The molecule has 2 aliphatic rings. The van der Waals surface area contributed by atoms with E-state index in [0.717, 1.165) is 31.2 Å². The second-order valence-electron chi connectivity index (χ2n) is 10.9. The number of nitrogens with zero attached hydrogens (tertiary/aromatic N) is 1. The Balaban J connectivity index is 1.66. The van der Waals surface area contributed by atoms with E-state index in [9.17, 15) is 24.0 Å².